The fraction of sp³-hybridized carbons (Fsp3) is 0.636. The van der Waals surface area contributed by atoms with Gasteiger partial charge in [0.1, 0.15) is 6.33 Å². The van der Waals surface area contributed by atoms with E-state index in [1.807, 2.05) is 6.20 Å². The molecule has 13 heavy (non-hydrogen) atoms. The summed E-state index contributed by atoms with van der Waals surface area (Å²) < 4.78 is 0. The van der Waals surface area contributed by atoms with E-state index in [0.717, 1.165) is 18.3 Å². The molecule has 0 bridgehead atoms. The lowest BCUT2D eigenvalue weighted by atomic mass is 9.80. The molecule has 0 saturated carbocycles. The van der Waals surface area contributed by atoms with Gasteiger partial charge in [-0.25, -0.2) is 9.97 Å². The molecule has 1 aromatic rings. The summed E-state index contributed by atoms with van der Waals surface area (Å²) >= 11 is 0. The van der Waals surface area contributed by atoms with Gasteiger partial charge in [-0.1, -0.05) is 13.8 Å². The van der Waals surface area contributed by atoms with E-state index in [4.69, 9.17) is 0 Å². The van der Waals surface area contributed by atoms with Crippen LogP contribution in [0.25, 0.3) is 0 Å². The number of rotatable bonds is 1. The SMILES string of the molecule is CC(C)C1CCc2ncncc2C1. The van der Waals surface area contributed by atoms with Gasteiger partial charge in [-0.05, 0) is 36.7 Å². The molecule has 0 aliphatic heterocycles. The van der Waals surface area contributed by atoms with E-state index in [-0.39, 0.29) is 0 Å². The highest BCUT2D eigenvalue weighted by molar-refractivity contribution is 5.19. The van der Waals surface area contributed by atoms with Crippen LogP contribution < -0.4 is 0 Å². The summed E-state index contributed by atoms with van der Waals surface area (Å²) in [6.07, 6.45) is 7.25. The lowest BCUT2D eigenvalue weighted by molar-refractivity contribution is 0.339. The minimum atomic E-state index is 0.786. The standard InChI is InChI=1S/C11H16N2/c1-8(2)9-3-4-11-10(5-9)6-12-7-13-11/h6-9H,3-5H2,1-2H3. The average Bonchev–Trinajstić information content (AvgIpc) is 2.17. The number of aromatic nitrogens is 2. The lowest BCUT2D eigenvalue weighted by Gasteiger charge is -2.26. The highest BCUT2D eigenvalue weighted by Crippen LogP contribution is 2.28. The summed E-state index contributed by atoms with van der Waals surface area (Å²) in [5.41, 5.74) is 2.64. The molecule has 0 fully saturated rings. The zero-order valence-electron chi connectivity index (χ0n) is 8.33. The second kappa shape index (κ2) is 3.44. The van der Waals surface area contributed by atoms with Crippen molar-refractivity contribution in [2.75, 3.05) is 0 Å². The van der Waals surface area contributed by atoms with E-state index in [1.54, 1.807) is 6.33 Å². The van der Waals surface area contributed by atoms with Crippen LogP contribution in [0.4, 0.5) is 0 Å². The van der Waals surface area contributed by atoms with Gasteiger partial charge in [0.05, 0.1) is 0 Å². The summed E-state index contributed by atoms with van der Waals surface area (Å²) in [6, 6.07) is 0. The van der Waals surface area contributed by atoms with Crippen molar-refractivity contribution >= 4 is 0 Å². The third-order valence-electron chi connectivity index (χ3n) is 3.06. The molecule has 2 heteroatoms. The molecule has 1 aromatic heterocycles. The van der Waals surface area contributed by atoms with E-state index >= 15 is 0 Å². The molecule has 0 saturated heterocycles. The van der Waals surface area contributed by atoms with E-state index < -0.39 is 0 Å². The third kappa shape index (κ3) is 1.71. The average molecular weight is 176 g/mol. The van der Waals surface area contributed by atoms with Crippen molar-refractivity contribution in [3.05, 3.63) is 23.8 Å². The molecule has 1 aliphatic rings. The Bertz CT molecular complexity index is 294. The second-order valence-corrected chi connectivity index (χ2v) is 4.24. The van der Waals surface area contributed by atoms with Crippen LogP contribution >= 0.6 is 0 Å². The maximum Gasteiger partial charge on any atom is 0.115 e. The van der Waals surface area contributed by atoms with Crippen LogP contribution in [0.1, 0.15) is 31.5 Å². The molecule has 1 unspecified atom stereocenters. The van der Waals surface area contributed by atoms with Crippen LogP contribution in [0.2, 0.25) is 0 Å². The Morgan fingerprint density at radius 3 is 3.08 bits per heavy atom. The Kier molecular flexibility index (Phi) is 2.30. The van der Waals surface area contributed by atoms with Crippen molar-refractivity contribution in [3.8, 4) is 0 Å². The normalized spacial score (nSPS) is 21.6. The second-order valence-electron chi connectivity index (χ2n) is 4.24. The number of aryl methyl sites for hydroxylation is 1. The molecule has 2 rings (SSSR count). The summed E-state index contributed by atoms with van der Waals surface area (Å²) in [5, 5.41) is 0. The monoisotopic (exact) mass is 176 g/mol. The number of fused-ring (bicyclic) bond motifs is 1. The Labute approximate surface area is 79.4 Å². The molecule has 0 amide bonds. The Hall–Kier alpha value is -0.920. The number of nitrogens with zero attached hydrogens (tertiary/aromatic N) is 2. The van der Waals surface area contributed by atoms with E-state index in [0.29, 0.717) is 0 Å². The minimum absolute atomic E-state index is 0.786. The van der Waals surface area contributed by atoms with Gasteiger partial charge < -0.3 is 0 Å². The van der Waals surface area contributed by atoms with Gasteiger partial charge in [-0.15, -0.1) is 0 Å². The fourth-order valence-corrected chi connectivity index (χ4v) is 2.06. The zero-order valence-corrected chi connectivity index (χ0v) is 8.33. The first kappa shape index (κ1) is 8.67. The van der Waals surface area contributed by atoms with Crippen molar-refractivity contribution < 1.29 is 0 Å². The van der Waals surface area contributed by atoms with Gasteiger partial charge in [-0.3, -0.25) is 0 Å². The van der Waals surface area contributed by atoms with Crippen molar-refractivity contribution in [3.63, 3.8) is 0 Å². The first-order chi connectivity index (χ1) is 6.27. The van der Waals surface area contributed by atoms with Crippen molar-refractivity contribution in [1.82, 2.24) is 9.97 Å². The summed E-state index contributed by atoms with van der Waals surface area (Å²) in [6.45, 7) is 4.61. The summed E-state index contributed by atoms with van der Waals surface area (Å²) in [7, 11) is 0. The van der Waals surface area contributed by atoms with Crippen molar-refractivity contribution in [2.45, 2.75) is 33.1 Å². The first-order valence-corrected chi connectivity index (χ1v) is 5.05. The highest BCUT2D eigenvalue weighted by atomic mass is 14.8. The molecular weight excluding hydrogens is 160 g/mol. The topological polar surface area (TPSA) is 25.8 Å². The number of hydrogen-bond donors (Lipinski definition) is 0. The van der Waals surface area contributed by atoms with E-state index in [1.165, 1.54) is 24.1 Å². The van der Waals surface area contributed by atoms with Gasteiger partial charge in [0.25, 0.3) is 0 Å². The maximum atomic E-state index is 4.30. The molecule has 1 atom stereocenters. The molecule has 0 radical (unpaired) electrons. The Morgan fingerprint density at radius 1 is 1.46 bits per heavy atom. The third-order valence-corrected chi connectivity index (χ3v) is 3.06. The van der Waals surface area contributed by atoms with E-state index in [9.17, 15) is 0 Å². The quantitative estimate of drug-likeness (QED) is 0.655. The van der Waals surface area contributed by atoms with Gasteiger partial charge in [-0.2, -0.15) is 0 Å². The smallest absolute Gasteiger partial charge is 0.115 e. The lowest BCUT2D eigenvalue weighted by Crippen LogP contribution is -2.20. The van der Waals surface area contributed by atoms with Crippen LogP contribution in [0.5, 0.6) is 0 Å². The van der Waals surface area contributed by atoms with Crippen LogP contribution in [0.15, 0.2) is 12.5 Å². The highest BCUT2D eigenvalue weighted by Gasteiger charge is 2.21. The Morgan fingerprint density at radius 2 is 2.31 bits per heavy atom. The van der Waals surface area contributed by atoms with Crippen molar-refractivity contribution in [2.24, 2.45) is 11.8 Å². The van der Waals surface area contributed by atoms with Crippen LogP contribution in [-0.2, 0) is 12.8 Å². The Balaban J connectivity index is 2.20. The van der Waals surface area contributed by atoms with Crippen molar-refractivity contribution in [1.29, 1.82) is 0 Å². The molecule has 70 valence electrons. The minimum Gasteiger partial charge on any atom is -0.245 e. The molecule has 1 heterocycles. The van der Waals surface area contributed by atoms with Gasteiger partial charge in [0.15, 0.2) is 0 Å². The molecule has 1 aliphatic carbocycles. The van der Waals surface area contributed by atoms with Crippen LogP contribution in [0.3, 0.4) is 0 Å². The van der Waals surface area contributed by atoms with Gasteiger partial charge in [0.2, 0.25) is 0 Å². The van der Waals surface area contributed by atoms with Gasteiger partial charge in [0, 0.05) is 11.9 Å². The number of hydrogen-bond acceptors (Lipinski definition) is 2. The van der Waals surface area contributed by atoms with Crippen LogP contribution in [-0.4, -0.2) is 9.97 Å². The predicted molar refractivity (Wildman–Crippen MR) is 52.4 cm³/mol. The van der Waals surface area contributed by atoms with Gasteiger partial charge >= 0.3 is 0 Å². The maximum absolute atomic E-state index is 4.30. The molecule has 0 spiro atoms. The van der Waals surface area contributed by atoms with E-state index in [2.05, 4.69) is 23.8 Å². The largest absolute Gasteiger partial charge is 0.245 e. The molecule has 0 aromatic carbocycles. The predicted octanol–water partition coefficient (Wildman–Crippen LogP) is 2.24. The zero-order chi connectivity index (χ0) is 9.26. The fourth-order valence-electron chi connectivity index (χ4n) is 2.06. The molecule has 2 nitrogen and oxygen atoms in total. The summed E-state index contributed by atoms with van der Waals surface area (Å²) in [4.78, 5) is 8.38. The molecular formula is C11H16N2. The first-order valence-electron chi connectivity index (χ1n) is 5.05. The summed E-state index contributed by atoms with van der Waals surface area (Å²) in [5.74, 6) is 1.62. The molecule has 0 N–H and O–H groups in total. The van der Waals surface area contributed by atoms with Crippen LogP contribution in [0, 0.1) is 11.8 Å².